The van der Waals surface area contributed by atoms with E-state index >= 15 is 4.39 Å². The van der Waals surface area contributed by atoms with Crippen LogP contribution in [0.25, 0.3) is 28.0 Å². The number of carbonyl (C=O) groups excluding carboxylic acids is 1. The van der Waals surface area contributed by atoms with Crippen LogP contribution in [0.1, 0.15) is 31.9 Å². The van der Waals surface area contributed by atoms with Gasteiger partial charge in [-0.2, -0.15) is 13.2 Å². The molecule has 0 radical (unpaired) electrons. The number of aryl methyl sites for hydroxylation is 1. The number of ether oxygens (including phenoxy) is 1. The molecule has 304 valence electrons. The van der Waals surface area contributed by atoms with Crippen LogP contribution < -0.4 is 26.7 Å². The van der Waals surface area contributed by atoms with Crippen LogP contribution in [-0.4, -0.2) is 91.1 Å². The molecule has 58 heavy (non-hydrogen) atoms. The van der Waals surface area contributed by atoms with Gasteiger partial charge >= 0.3 is 6.18 Å². The molecule has 2 aromatic carbocycles. The lowest BCUT2D eigenvalue weighted by molar-refractivity contribution is -0.165. The summed E-state index contributed by atoms with van der Waals surface area (Å²) in [4.78, 5) is 55.9. The summed E-state index contributed by atoms with van der Waals surface area (Å²) < 4.78 is 66.5. The van der Waals surface area contributed by atoms with Crippen LogP contribution in [0.2, 0.25) is 0 Å². The first-order valence-corrected chi connectivity index (χ1v) is 18.4. The van der Waals surface area contributed by atoms with Gasteiger partial charge in [-0.1, -0.05) is 27.4 Å². The van der Waals surface area contributed by atoms with Gasteiger partial charge in [0.2, 0.25) is 5.91 Å². The van der Waals surface area contributed by atoms with E-state index in [9.17, 15) is 32.7 Å². The van der Waals surface area contributed by atoms with Crippen molar-refractivity contribution < 1.29 is 32.2 Å². The maximum Gasteiger partial charge on any atom is 0.409 e. The molecule has 1 unspecified atom stereocenters. The van der Waals surface area contributed by atoms with E-state index in [0.29, 0.717) is 25.3 Å². The fourth-order valence-electron chi connectivity index (χ4n) is 7.11. The fourth-order valence-corrected chi connectivity index (χ4v) is 7.11. The number of pyridine rings is 1. The molecule has 5 heterocycles. The zero-order valence-corrected chi connectivity index (χ0v) is 32.1. The number of alkyl halides is 3. The maximum atomic E-state index is 15.5. The Bertz CT molecular complexity index is 2550. The van der Waals surface area contributed by atoms with Crippen LogP contribution >= 0.6 is 0 Å². The highest BCUT2D eigenvalue weighted by atomic mass is 19.4. The van der Waals surface area contributed by atoms with E-state index < -0.39 is 47.1 Å². The lowest BCUT2D eigenvalue weighted by Gasteiger charge is -2.48. The molecule has 0 saturated carbocycles. The van der Waals surface area contributed by atoms with Crippen LogP contribution in [-0.2, 0) is 28.6 Å². The number of nitrogens with zero attached hydrogens (tertiary/aromatic N) is 7. The van der Waals surface area contributed by atoms with Crippen LogP contribution in [0.5, 0.6) is 0 Å². The Hall–Kier alpha value is -5.98. The second kappa shape index (κ2) is 15.4. The van der Waals surface area contributed by atoms with E-state index in [1.165, 1.54) is 65.6 Å². The highest BCUT2D eigenvalue weighted by Gasteiger charge is 2.48. The summed E-state index contributed by atoms with van der Waals surface area (Å²) in [6.07, 6.45) is 0.369. The smallest absolute Gasteiger partial charge is 0.392 e. The number of rotatable bonds is 9. The van der Waals surface area contributed by atoms with Crippen molar-refractivity contribution >= 4 is 39.7 Å². The third-order valence-electron chi connectivity index (χ3n) is 10.4. The maximum absolute atomic E-state index is 15.5. The van der Waals surface area contributed by atoms with Crippen molar-refractivity contribution in [2.24, 2.45) is 7.05 Å². The Labute approximate surface area is 329 Å². The van der Waals surface area contributed by atoms with Crippen molar-refractivity contribution in [2.45, 2.75) is 51.1 Å². The fraction of sp³-hybridized carbons (Fsp3) is 0.350. The molecule has 0 bridgehead atoms. The zero-order chi connectivity index (χ0) is 41.7. The molecule has 3 N–H and O–H groups in total. The third kappa shape index (κ3) is 7.69. The van der Waals surface area contributed by atoms with Crippen LogP contribution in [0, 0.1) is 5.82 Å². The minimum absolute atomic E-state index is 0.0180. The molecule has 2 fully saturated rings. The summed E-state index contributed by atoms with van der Waals surface area (Å²) in [6.45, 7) is 9.37. The monoisotopic (exact) mass is 803 g/mol. The Kier molecular flexibility index (Phi) is 10.7. The highest BCUT2D eigenvalue weighted by Crippen LogP contribution is 2.38. The van der Waals surface area contributed by atoms with Crippen LogP contribution in [0.4, 0.5) is 40.4 Å². The lowest BCUT2D eigenvalue weighted by Crippen LogP contribution is -2.64. The molecule has 0 spiro atoms. The summed E-state index contributed by atoms with van der Waals surface area (Å²) in [5, 5.41) is 15.9. The van der Waals surface area contributed by atoms with E-state index in [4.69, 9.17) is 4.74 Å². The molecule has 2 saturated heterocycles. The molecule has 18 heteroatoms. The number of piperazine rings is 1. The number of aromatic nitrogens is 5. The van der Waals surface area contributed by atoms with E-state index in [-0.39, 0.29) is 75.6 Å². The first kappa shape index (κ1) is 40.2. The molecule has 1 amide bonds. The van der Waals surface area contributed by atoms with Crippen LogP contribution in [0.3, 0.4) is 0 Å². The average molecular weight is 804 g/mol. The summed E-state index contributed by atoms with van der Waals surface area (Å²) in [6, 6.07) is 6.80. The third-order valence-corrected chi connectivity index (χ3v) is 10.4. The highest BCUT2D eigenvalue weighted by molar-refractivity contribution is 6.02. The van der Waals surface area contributed by atoms with E-state index in [1.54, 1.807) is 11.0 Å². The quantitative estimate of drug-likeness (QED) is 0.139. The number of halogens is 4. The van der Waals surface area contributed by atoms with Gasteiger partial charge in [0, 0.05) is 55.9 Å². The molecule has 0 aliphatic carbocycles. The predicted molar refractivity (Wildman–Crippen MR) is 210 cm³/mol. The minimum atomic E-state index is -4.60. The number of aliphatic hydroxyl groups is 1. The lowest BCUT2D eigenvalue weighted by atomic mass is 9.86. The molecule has 3 aromatic heterocycles. The number of nitrogens with one attached hydrogen (secondary N) is 2. The minimum Gasteiger partial charge on any atom is -0.392 e. The molecule has 14 nitrogen and oxygen atoms in total. The topological polar surface area (TPSA) is 160 Å². The number of aliphatic hydroxyl groups excluding tert-OH is 1. The summed E-state index contributed by atoms with van der Waals surface area (Å²) in [5.74, 6) is -1.66. The Balaban J connectivity index is 1.25. The van der Waals surface area contributed by atoms with Crippen molar-refractivity contribution in [1.82, 2.24) is 29.0 Å². The molecular weight excluding hydrogens is 762 g/mol. The number of hydrogen-bond donors (Lipinski definition) is 3. The van der Waals surface area contributed by atoms with E-state index in [0.717, 1.165) is 10.6 Å². The van der Waals surface area contributed by atoms with Gasteiger partial charge in [-0.3, -0.25) is 19.3 Å². The number of carbonyl (C=O) groups is 1. The molecule has 5 aromatic rings. The molecule has 1 atom stereocenters. The van der Waals surface area contributed by atoms with Gasteiger partial charge in [0.1, 0.15) is 29.4 Å². The Morgan fingerprint density at radius 3 is 2.48 bits per heavy atom. The molecule has 7 rings (SSSR count). The van der Waals surface area contributed by atoms with Crippen molar-refractivity contribution in [1.29, 1.82) is 0 Å². The standard InChI is InChI=1S/C40H41F4N9O5/c1-6-33(55)48-28-15-23(7-8-31(28)52-12-11-51(24-19-58-20-24)17-32(52)40(42,43)44)47-35-38(57)50(5)16-30(49-35)25-9-10-45-36(26(25)18-54)53-21-46-29-14-22(39(2,3)4)13-27(41)34(29)37(53)56/h6-10,13-16,21,24,32,54H,1,11-12,17-20H2,2-5H3,(H,47,49)(H,48,55). The second-order valence-corrected chi connectivity index (χ2v) is 15.2. The predicted octanol–water partition coefficient (Wildman–Crippen LogP) is 4.79. The van der Waals surface area contributed by atoms with Gasteiger partial charge in [0.25, 0.3) is 11.1 Å². The first-order valence-electron chi connectivity index (χ1n) is 18.4. The number of amides is 1. The van der Waals surface area contributed by atoms with Crippen LogP contribution in [0.15, 0.2) is 77.4 Å². The first-order chi connectivity index (χ1) is 27.5. The number of hydrogen-bond acceptors (Lipinski definition) is 11. The van der Waals surface area contributed by atoms with Crippen molar-refractivity contribution in [3.8, 4) is 17.1 Å². The van der Waals surface area contributed by atoms with Gasteiger partial charge in [0.05, 0.1) is 48.4 Å². The summed E-state index contributed by atoms with van der Waals surface area (Å²) in [7, 11) is 1.47. The number of anilines is 4. The van der Waals surface area contributed by atoms with Gasteiger partial charge in [-0.05, 0) is 53.5 Å². The van der Waals surface area contributed by atoms with Crippen molar-refractivity contribution in [2.75, 3.05) is 48.4 Å². The number of benzene rings is 2. The van der Waals surface area contributed by atoms with Crippen molar-refractivity contribution in [3.05, 3.63) is 105 Å². The normalized spacial score (nSPS) is 16.6. The largest absolute Gasteiger partial charge is 0.409 e. The average Bonchev–Trinajstić information content (AvgIpc) is 3.15. The van der Waals surface area contributed by atoms with Gasteiger partial charge < -0.3 is 29.9 Å². The van der Waals surface area contributed by atoms with Gasteiger partial charge in [-0.15, -0.1) is 0 Å². The summed E-state index contributed by atoms with van der Waals surface area (Å²) >= 11 is 0. The van der Waals surface area contributed by atoms with Crippen molar-refractivity contribution in [3.63, 3.8) is 0 Å². The Morgan fingerprint density at radius 1 is 1.07 bits per heavy atom. The SMILES string of the molecule is C=CC(=O)Nc1cc(Nc2nc(-c3ccnc(-n4cnc5cc(C(C)(C)C)cc(F)c5c4=O)c3CO)cn(C)c2=O)ccc1N1CCN(C2COC2)CC1C(F)(F)F. The van der Waals surface area contributed by atoms with Gasteiger partial charge in [-0.25, -0.2) is 23.9 Å². The molecule has 2 aliphatic rings. The van der Waals surface area contributed by atoms with Gasteiger partial charge in [0.15, 0.2) is 5.82 Å². The zero-order valence-electron chi connectivity index (χ0n) is 32.1. The molecule has 2 aliphatic heterocycles. The van der Waals surface area contributed by atoms with E-state index in [1.807, 2.05) is 20.8 Å². The number of fused-ring (bicyclic) bond motifs is 1. The summed E-state index contributed by atoms with van der Waals surface area (Å²) in [5.41, 5.74) is 0.00518. The molecular formula is C40H41F4N9O5. The van der Waals surface area contributed by atoms with E-state index in [2.05, 4.69) is 32.2 Å². The second-order valence-electron chi connectivity index (χ2n) is 15.2. The Morgan fingerprint density at radius 2 is 1.83 bits per heavy atom.